The number of hydrogen-bond donors (Lipinski definition) is 2. The largest absolute Gasteiger partial charge is 0.422 e. The number of hydrogen-bond acceptors (Lipinski definition) is 9. The van der Waals surface area contributed by atoms with Gasteiger partial charge in [-0.25, -0.2) is 26.5 Å². The topological polar surface area (TPSA) is 132 Å². The van der Waals surface area contributed by atoms with Gasteiger partial charge in [0.05, 0.1) is 22.5 Å². The SMILES string of the molecule is O=[SH](=O)NCc1nnc(C(c2nc3ccc(-c4cc(Cl)cc(Cl)c4)cc3s2)S(=O)(=O)Cc2ccccc2)o1. The monoisotopic (exact) mass is 608 g/mol. The van der Waals surface area contributed by atoms with Crippen molar-refractivity contribution in [2.45, 2.75) is 17.5 Å². The van der Waals surface area contributed by atoms with Crippen molar-refractivity contribution >= 4 is 65.5 Å². The third kappa shape index (κ3) is 6.06. The molecule has 0 bridgehead atoms. The molecule has 0 spiro atoms. The second-order valence-corrected chi connectivity index (χ2v) is 13.0. The van der Waals surface area contributed by atoms with Crippen LogP contribution in [0.5, 0.6) is 0 Å². The Morgan fingerprint density at radius 3 is 2.39 bits per heavy atom. The van der Waals surface area contributed by atoms with Crippen molar-refractivity contribution in [2.24, 2.45) is 0 Å². The van der Waals surface area contributed by atoms with E-state index in [4.69, 9.17) is 27.6 Å². The molecule has 5 aromatic rings. The zero-order chi connectivity index (χ0) is 26.9. The highest BCUT2D eigenvalue weighted by atomic mass is 35.5. The molecule has 3 aromatic carbocycles. The molecule has 0 aliphatic heterocycles. The Balaban J connectivity index is 1.57. The first-order chi connectivity index (χ1) is 18.2. The smallest absolute Gasteiger partial charge is 0.241 e. The Bertz CT molecular complexity index is 1780. The Hall–Kier alpha value is -2.87. The number of benzene rings is 3. The van der Waals surface area contributed by atoms with Gasteiger partial charge in [0.25, 0.3) is 0 Å². The summed E-state index contributed by atoms with van der Waals surface area (Å²) in [6.45, 7) is -0.261. The third-order valence-electron chi connectivity index (χ3n) is 5.46. The molecule has 196 valence electrons. The van der Waals surface area contributed by atoms with Crippen LogP contribution in [-0.4, -0.2) is 32.0 Å². The molecule has 1 unspecified atom stereocenters. The van der Waals surface area contributed by atoms with Crippen LogP contribution in [-0.2, 0) is 33.0 Å². The predicted molar refractivity (Wildman–Crippen MR) is 147 cm³/mol. The van der Waals surface area contributed by atoms with E-state index < -0.39 is 26.0 Å². The predicted octanol–water partition coefficient (Wildman–Crippen LogP) is 4.97. The van der Waals surface area contributed by atoms with Crippen LogP contribution in [0.25, 0.3) is 21.3 Å². The van der Waals surface area contributed by atoms with E-state index in [1.54, 1.807) is 54.6 Å². The highest BCUT2D eigenvalue weighted by molar-refractivity contribution is 7.91. The van der Waals surface area contributed by atoms with Gasteiger partial charge in [0.1, 0.15) is 5.01 Å². The summed E-state index contributed by atoms with van der Waals surface area (Å²) in [6.07, 6.45) is 0. The van der Waals surface area contributed by atoms with Crippen molar-refractivity contribution in [3.8, 4) is 11.1 Å². The van der Waals surface area contributed by atoms with Crippen molar-refractivity contribution in [1.82, 2.24) is 19.9 Å². The maximum absolute atomic E-state index is 13.7. The lowest BCUT2D eigenvalue weighted by atomic mass is 10.1. The van der Waals surface area contributed by atoms with E-state index in [9.17, 15) is 16.8 Å². The lowest BCUT2D eigenvalue weighted by molar-refractivity contribution is 0.444. The Labute approximate surface area is 233 Å². The molecule has 0 amide bonds. The van der Waals surface area contributed by atoms with Gasteiger partial charge in [-0.15, -0.1) is 21.5 Å². The van der Waals surface area contributed by atoms with Crippen LogP contribution in [0.3, 0.4) is 0 Å². The molecule has 5 rings (SSSR count). The lowest BCUT2D eigenvalue weighted by Crippen LogP contribution is -2.17. The average Bonchev–Trinajstić information content (AvgIpc) is 3.49. The number of thiol groups is 1. The van der Waals surface area contributed by atoms with E-state index in [0.29, 0.717) is 21.1 Å². The number of nitrogens with one attached hydrogen (secondary N) is 1. The van der Waals surface area contributed by atoms with Crippen LogP contribution >= 0.6 is 34.5 Å². The van der Waals surface area contributed by atoms with E-state index in [1.807, 2.05) is 12.1 Å². The zero-order valence-electron chi connectivity index (χ0n) is 19.2. The standard InChI is InChI=1S/C24H18Cl2N4O5S3/c25-17-8-16(9-18(26)11-17)15-6-7-19-20(10-15)36-24(28-19)22(23-30-29-21(35-23)12-27-37(31)32)38(33,34)13-14-4-2-1-3-5-14/h1-11,22,37H,12-13H2,(H,27,31,32). The number of aromatic nitrogens is 3. The number of thiazole rings is 1. The summed E-state index contributed by atoms with van der Waals surface area (Å²) in [5.74, 6) is -0.552. The molecule has 14 heteroatoms. The summed E-state index contributed by atoms with van der Waals surface area (Å²) < 4.78 is 57.7. The van der Waals surface area contributed by atoms with Crippen LogP contribution in [0, 0.1) is 0 Å². The fraction of sp³-hybridized carbons (Fsp3) is 0.125. The van der Waals surface area contributed by atoms with Crippen molar-refractivity contribution in [3.63, 3.8) is 0 Å². The molecule has 0 aliphatic carbocycles. The Morgan fingerprint density at radius 2 is 1.68 bits per heavy atom. The molecule has 2 heterocycles. The minimum Gasteiger partial charge on any atom is -0.422 e. The third-order valence-corrected chi connectivity index (χ3v) is 9.42. The van der Waals surface area contributed by atoms with Gasteiger partial charge in [-0.2, -0.15) is 0 Å². The quantitative estimate of drug-likeness (QED) is 0.224. The first kappa shape index (κ1) is 26.7. The van der Waals surface area contributed by atoms with Gasteiger partial charge in [0, 0.05) is 10.0 Å². The second-order valence-electron chi connectivity index (χ2n) is 8.19. The Kier molecular flexibility index (Phi) is 7.80. The van der Waals surface area contributed by atoms with Crippen LogP contribution in [0.1, 0.15) is 27.6 Å². The summed E-state index contributed by atoms with van der Waals surface area (Å²) in [4.78, 5) is 4.60. The van der Waals surface area contributed by atoms with E-state index in [2.05, 4.69) is 19.9 Å². The minimum absolute atomic E-state index is 0.0691. The maximum atomic E-state index is 13.7. The van der Waals surface area contributed by atoms with Crippen molar-refractivity contribution in [3.05, 3.63) is 99.1 Å². The molecule has 1 atom stereocenters. The molecule has 0 saturated carbocycles. The van der Waals surface area contributed by atoms with Crippen LogP contribution < -0.4 is 4.72 Å². The molecule has 9 nitrogen and oxygen atoms in total. The van der Waals surface area contributed by atoms with Gasteiger partial charge in [0.15, 0.2) is 15.1 Å². The van der Waals surface area contributed by atoms with Gasteiger partial charge in [0.2, 0.25) is 22.7 Å². The highest BCUT2D eigenvalue weighted by Gasteiger charge is 2.37. The van der Waals surface area contributed by atoms with Crippen molar-refractivity contribution < 1.29 is 21.3 Å². The van der Waals surface area contributed by atoms with Crippen molar-refractivity contribution in [2.75, 3.05) is 0 Å². The highest BCUT2D eigenvalue weighted by Crippen LogP contribution is 2.38. The number of nitrogens with zero attached hydrogens (tertiary/aromatic N) is 3. The van der Waals surface area contributed by atoms with Crippen LogP contribution in [0.2, 0.25) is 10.0 Å². The van der Waals surface area contributed by atoms with Gasteiger partial charge in [-0.05, 0) is 47.0 Å². The first-order valence-corrected chi connectivity index (χ1v) is 15.5. The molecule has 0 radical (unpaired) electrons. The van der Waals surface area contributed by atoms with Crippen LogP contribution in [0.15, 0.2) is 71.1 Å². The second kappa shape index (κ2) is 11.1. The van der Waals surface area contributed by atoms with E-state index in [1.165, 1.54) is 11.3 Å². The van der Waals surface area contributed by atoms with Crippen molar-refractivity contribution in [1.29, 1.82) is 0 Å². The van der Waals surface area contributed by atoms with Gasteiger partial charge >= 0.3 is 0 Å². The molecule has 0 fully saturated rings. The number of halogens is 2. The van der Waals surface area contributed by atoms with E-state index >= 15 is 0 Å². The summed E-state index contributed by atoms with van der Waals surface area (Å²) in [5.41, 5.74) is 2.81. The summed E-state index contributed by atoms with van der Waals surface area (Å²) in [7, 11) is -6.84. The molecular weight excluding hydrogens is 591 g/mol. The molecule has 1 N–H and O–H groups in total. The number of sulfone groups is 1. The molecule has 0 saturated heterocycles. The van der Waals surface area contributed by atoms with Gasteiger partial charge in [-0.3, -0.25) is 0 Å². The zero-order valence-corrected chi connectivity index (χ0v) is 23.3. The maximum Gasteiger partial charge on any atom is 0.241 e. The summed E-state index contributed by atoms with van der Waals surface area (Å²) >= 11 is 13.5. The molecular formula is C24H18Cl2N4O5S3. The minimum atomic E-state index is -3.94. The number of rotatable bonds is 9. The molecule has 2 aromatic heterocycles. The van der Waals surface area contributed by atoms with Gasteiger partial charge < -0.3 is 4.42 Å². The fourth-order valence-corrected chi connectivity index (χ4v) is 7.78. The molecule has 0 aliphatic rings. The van der Waals surface area contributed by atoms with Crippen LogP contribution in [0.4, 0.5) is 0 Å². The fourth-order valence-electron chi connectivity index (χ4n) is 3.83. The lowest BCUT2D eigenvalue weighted by Gasteiger charge is -2.12. The van der Waals surface area contributed by atoms with E-state index in [-0.39, 0.29) is 29.1 Å². The first-order valence-electron chi connectivity index (χ1n) is 11.0. The number of fused-ring (bicyclic) bond motifs is 1. The Morgan fingerprint density at radius 1 is 0.947 bits per heavy atom. The van der Waals surface area contributed by atoms with Gasteiger partial charge in [-0.1, -0.05) is 59.6 Å². The summed E-state index contributed by atoms with van der Waals surface area (Å²) in [6, 6.07) is 19.5. The molecule has 38 heavy (non-hydrogen) atoms. The normalized spacial score (nSPS) is 12.8. The average molecular weight is 610 g/mol. The summed E-state index contributed by atoms with van der Waals surface area (Å²) in [5, 5.41) is 7.64. The van der Waals surface area contributed by atoms with E-state index in [0.717, 1.165) is 15.8 Å².